The highest BCUT2D eigenvalue weighted by atomic mass is 16.5. The first-order chi connectivity index (χ1) is 7.86. The Morgan fingerprint density at radius 2 is 1.44 bits per heavy atom. The Morgan fingerprint density at radius 1 is 0.875 bits per heavy atom. The molecule has 0 N–H and O–H groups in total. The first-order valence-corrected chi connectivity index (χ1v) is 5.12. The molecule has 0 heterocycles. The van der Waals surface area contributed by atoms with Gasteiger partial charge in [0.25, 0.3) is 0 Å². The summed E-state index contributed by atoms with van der Waals surface area (Å²) in [7, 11) is 1.90. The van der Waals surface area contributed by atoms with Gasteiger partial charge < -0.3 is 4.74 Å². The normalized spacial score (nSPS) is 11.2. The zero-order valence-corrected chi connectivity index (χ0v) is 9.13. The van der Waals surface area contributed by atoms with Crippen LogP contribution in [-0.4, -0.2) is 18.0 Å². The van der Waals surface area contributed by atoms with Crippen molar-refractivity contribution in [2.24, 2.45) is 0 Å². The lowest BCUT2D eigenvalue weighted by Crippen LogP contribution is -2.04. The molecule has 0 radical (unpaired) electrons. The van der Waals surface area contributed by atoms with E-state index in [1.54, 1.807) is 0 Å². The number of para-hydroxylation sites is 2. The van der Waals surface area contributed by atoms with Crippen LogP contribution in [0.25, 0.3) is 0 Å². The Kier molecular flexibility index (Phi) is 3.34. The van der Waals surface area contributed by atoms with Gasteiger partial charge in [-0.3, -0.25) is 4.58 Å². The van der Waals surface area contributed by atoms with E-state index in [9.17, 15) is 0 Å². The third-order valence-corrected chi connectivity index (χ3v) is 2.19. The minimum absolute atomic E-state index is 0.783. The fraction of sp³-hybridized carbons (Fsp3) is 0.0714. The Hall–Kier alpha value is -2.09. The van der Waals surface area contributed by atoms with Gasteiger partial charge in [-0.1, -0.05) is 48.5 Å². The van der Waals surface area contributed by atoms with E-state index in [1.165, 1.54) is 0 Å². The molecule has 0 fully saturated rings. The molecule has 0 aliphatic heterocycles. The molecule has 2 rings (SSSR count). The maximum atomic E-state index is 5.40. The van der Waals surface area contributed by atoms with Gasteiger partial charge in [0.05, 0.1) is 0 Å². The molecule has 0 atom stereocenters. The van der Waals surface area contributed by atoms with Crippen molar-refractivity contribution < 1.29 is 9.31 Å². The Balaban J connectivity index is 2.09. The van der Waals surface area contributed by atoms with Crippen LogP contribution in [0.15, 0.2) is 60.7 Å². The zero-order chi connectivity index (χ0) is 11.2. The first-order valence-electron chi connectivity index (χ1n) is 5.12. The van der Waals surface area contributed by atoms with Crippen LogP contribution in [-0.2, 0) is 0 Å². The molecule has 0 aliphatic carbocycles. The van der Waals surface area contributed by atoms with Crippen LogP contribution in [0, 0.1) is 0 Å². The molecular weight excluding hydrogens is 198 g/mol. The van der Waals surface area contributed by atoms with Gasteiger partial charge in [-0.15, -0.1) is 0 Å². The average Bonchev–Trinajstić information content (AvgIpc) is 2.38. The molecule has 80 valence electrons. The molecule has 0 bridgehead atoms. The highest BCUT2D eigenvalue weighted by Gasteiger charge is 1.93. The second kappa shape index (κ2) is 5.12. The highest BCUT2D eigenvalue weighted by molar-refractivity contribution is 5.49. The minimum Gasteiger partial charge on any atom is -0.528 e. The summed E-state index contributed by atoms with van der Waals surface area (Å²) in [5.74, 6) is 0.783. The molecule has 2 heteroatoms. The number of benzene rings is 2. The van der Waals surface area contributed by atoms with Crippen molar-refractivity contribution in [3.63, 3.8) is 0 Å². The molecule has 0 aliphatic rings. The van der Waals surface area contributed by atoms with Gasteiger partial charge in [-0.2, -0.15) is 0 Å². The Labute approximate surface area is 95.4 Å². The van der Waals surface area contributed by atoms with Gasteiger partial charge in [-0.05, 0) is 12.1 Å². The number of hydrogen-bond acceptors (Lipinski definition) is 1. The van der Waals surface area contributed by atoms with E-state index in [2.05, 4.69) is 6.40 Å². The van der Waals surface area contributed by atoms with E-state index in [0.29, 0.717) is 0 Å². The third kappa shape index (κ3) is 2.70. The molecule has 16 heavy (non-hydrogen) atoms. The zero-order valence-electron chi connectivity index (χ0n) is 9.13. The average molecular weight is 211 g/mol. The van der Waals surface area contributed by atoms with Crippen molar-refractivity contribution in [2.45, 2.75) is 0 Å². The fourth-order valence-electron chi connectivity index (χ4n) is 1.31. The Bertz CT molecular complexity index is 463. The van der Waals surface area contributed by atoms with Gasteiger partial charge in [-0.25, -0.2) is 0 Å². The molecule has 0 aromatic heterocycles. The van der Waals surface area contributed by atoms with E-state index in [0.717, 1.165) is 11.4 Å². The number of ether oxygens (including phenoxy) is 1. The summed E-state index contributed by atoms with van der Waals surface area (Å²) in [4.78, 5) is 0. The van der Waals surface area contributed by atoms with Crippen molar-refractivity contribution in [3.8, 4) is 5.75 Å². The van der Waals surface area contributed by atoms with Crippen molar-refractivity contribution in [3.05, 3.63) is 60.7 Å². The summed E-state index contributed by atoms with van der Waals surface area (Å²) in [5, 5.41) is 0. The van der Waals surface area contributed by atoms with Crippen LogP contribution >= 0.6 is 0 Å². The van der Waals surface area contributed by atoms with Gasteiger partial charge in [0.1, 0.15) is 12.7 Å². The summed E-state index contributed by atoms with van der Waals surface area (Å²) < 4.78 is 7.21. The minimum atomic E-state index is 0.783. The maximum absolute atomic E-state index is 5.40. The molecule has 0 saturated carbocycles. The highest BCUT2D eigenvalue weighted by Crippen LogP contribution is 2.09. The van der Waals surface area contributed by atoms with Gasteiger partial charge in [0.15, 0.2) is 0 Å². The molecule has 2 nitrogen and oxygen atoms in total. The van der Waals surface area contributed by atoms with E-state index in [4.69, 9.17) is 4.74 Å². The van der Waals surface area contributed by atoms with E-state index in [-0.39, 0.29) is 0 Å². The third-order valence-electron chi connectivity index (χ3n) is 2.19. The maximum Gasteiger partial charge on any atom is 0.316 e. The van der Waals surface area contributed by atoms with Crippen LogP contribution in [0.4, 0.5) is 5.69 Å². The standard InChI is InChI=1S/C14H13NO/c1-15(13-8-4-2-5-9-13)12-16-14-10-6-3-7-11-14/h2-11H,1H3. The number of hydrogen-bond donors (Lipinski definition) is 0. The summed E-state index contributed by atoms with van der Waals surface area (Å²) in [6.07, 6.45) is 2.85. The van der Waals surface area contributed by atoms with Crippen LogP contribution in [0.1, 0.15) is 0 Å². The van der Waals surface area contributed by atoms with Gasteiger partial charge in [0, 0.05) is 5.75 Å². The van der Waals surface area contributed by atoms with Crippen molar-refractivity contribution in [2.75, 3.05) is 7.05 Å². The predicted octanol–water partition coefficient (Wildman–Crippen LogP) is 2.94. The molecule has 2 aromatic carbocycles. The second-order valence-corrected chi connectivity index (χ2v) is 3.40. The molecular formula is C14H13NO. The summed E-state index contributed by atoms with van der Waals surface area (Å²) in [6, 6.07) is 19.6. The SMILES string of the molecule is C[N+](=[C-]Oc1ccccc1)c1ccccc1. The smallest absolute Gasteiger partial charge is 0.316 e. The van der Waals surface area contributed by atoms with Crippen molar-refractivity contribution in [1.29, 1.82) is 0 Å². The second-order valence-electron chi connectivity index (χ2n) is 3.40. The first kappa shape index (κ1) is 10.4. The molecule has 2 aromatic rings. The largest absolute Gasteiger partial charge is 0.528 e. The quantitative estimate of drug-likeness (QED) is 0.329. The molecule has 0 saturated heterocycles. The van der Waals surface area contributed by atoms with Crippen LogP contribution in [0.5, 0.6) is 5.75 Å². The summed E-state index contributed by atoms with van der Waals surface area (Å²) in [6.45, 7) is 0. The van der Waals surface area contributed by atoms with Crippen molar-refractivity contribution in [1.82, 2.24) is 0 Å². The van der Waals surface area contributed by atoms with E-state index in [1.807, 2.05) is 72.3 Å². The van der Waals surface area contributed by atoms with Crippen LogP contribution < -0.4 is 4.74 Å². The lowest BCUT2D eigenvalue weighted by Gasteiger charge is -2.06. The summed E-state index contributed by atoms with van der Waals surface area (Å²) in [5.41, 5.74) is 1.04. The summed E-state index contributed by atoms with van der Waals surface area (Å²) >= 11 is 0. The lowest BCUT2D eigenvalue weighted by atomic mass is 10.3. The molecule has 0 spiro atoms. The number of nitrogens with zero attached hydrogens (tertiary/aromatic N) is 1. The lowest BCUT2D eigenvalue weighted by molar-refractivity contribution is -0.407. The topological polar surface area (TPSA) is 12.2 Å². The Morgan fingerprint density at radius 3 is 2.06 bits per heavy atom. The van der Waals surface area contributed by atoms with E-state index >= 15 is 0 Å². The van der Waals surface area contributed by atoms with Crippen LogP contribution in [0.2, 0.25) is 0 Å². The van der Waals surface area contributed by atoms with Gasteiger partial charge >= 0.3 is 6.40 Å². The van der Waals surface area contributed by atoms with Crippen molar-refractivity contribution >= 4 is 12.1 Å². The van der Waals surface area contributed by atoms with E-state index < -0.39 is 0 Å². The van der Waals surface area contributed by atoms with Crippen LogP contribution in [0.3, 0.4) is 0 Å². The van der Waals surface area contributed by atoms with Gasteiger partial charge in [0.2, 0.25) is 0 Å². The predicted molar refractivity (Wildman–Crippen MR) is 64.4 cm³/mol. The molecule has 0 unspecified atom stereocenters. The number of rotatable bonds is 3. The molecule has 0 amide bonds. The fourth-order valence-corrected chi connectivity index (χ4v) is 1.31. The monoisotopic (exact) mass is 211 g/mol.